The second kappa shape index (κ2) is 5.82. The number of hydrogen-bond acceptors (Lipinski definition) is 3. The Morgan fingerprint density at radius 3 is 1.33 bits per heavy atom. The highest BCUT2D eigenvalue weighted by molar-refractivity contribution is 6.76. The molecular formula is C16H36O3Si2. The van der Waals surface area contributed by atoms with Gasteiger partial charge in [-0.15, -0.1) is 0 Å². The predicted molar refractivity (Wildman–Crippen MR) is 95.7 cm³/mol. The van der Waals surface area contributed by atoms with Crippen LogP contribution >= 0.6 is 0 Å². The van der Waals surface area contributed by atoms with Crippen LogP contribution in [0.3, 0.4) is 0 Å². The Hall–Kier alpha value is -0.136. The van der Waals surface area contributed by atoms with E-state index in [1.807, 2.05) is 13.8 Å². The van der Waals surface area contributed by atoms with E-state index in [0.717, 1.165) is 0 Å². The average Bonchev–Trinajstić information content (AvgIpc) is 2.10. The first-order valence-electron chi connectivity index (χ1n) is 7.77. The van der Waals surface area contributed by atoms with Crippen molar-refractivity contribution in [3.8, 4) is 0 Å². The Kier molecular flexibility index (Phi) is 5.78. The lowest BCUT2D eigenvalue weighted by molar-refractivity contribution is -0.151. The van der Waals surface area contributed by atoms with Crippen LogP contribution in [0, 0.1) is 0 Å². The van der Waals surface area contributed by atoms with Crippen molar-refractivity contribution >= 4 is 22.6 Å². The molecule has 0 spiro atoms. The molecule has 21 heavy (non-hydrogen) atoms. The first-order chi connectivity index (χ1) is 8.83. The minimum absolute atomic E-state index is 0.00964. The second-order valence-corrected chi connectivity index (χ2v) is 19.0. The fourth-order valence-corrected chi connectivity index (χ4v) is 4.02. The maximum Gasteiger partial charge on any atom is 0.323 e. The normalized spacial score (nSPS) is 15.0. The zero-order valence-corrected chi connectivity index (χ0v) is 18.2. The van der Waals surface area contributed by atoms with Crippen LogP contribution in [0.1, 0.15) is 55.4 Å². The summed E-state index contributed by atoms with van der Waals surface area (Å²) < 4.78 is 12.2. The molecule has 0 saturated heterocycles. The fraction of sp³-hybridized carbons (Fsp3) is 0.938. The molecule has 0 aromatic heterocycles. The van der Waals surface area contributed by atoms with E-state index in [4.69, 9.17) is 8.85 Å². The molecule has 0 aliphatic rings. The van der Waals surface area contributed by atoms with E-state index in [9.17, 15) is 4.79 Å². The summed E-state index contributed by atoms with van der Waals surface area (Å²) in [5.74, 6) is -0.223. The summed E-state index contributed by atoms with van der Waals surface area (Å²) in [6, 6.07) is 0. The molecule has 0 amide bonds. The molecule has 0 rings (SSSR count). The molecule has 0 atom stereocenters. The first-order valence-corrected chi connectivity index (χ1v) is 13.6. The summed E-state index contributed by atoms with van der Waals surface area (Å²) in [6.45, 7) is 25.1. The minimum atomic E-state index is -2.11. The van der Waals surface area contributed by atoms with Gasteiger partial charge >= 0.3 is 5.97 Å². The van der Waals surface area contributed by atoms with Gasteiger partial charge in [0.15, 0.2) is 8.32 Å². The van der Waals surface area contributed by atoms with Crippen LogP contribution in [0.4, 0.5) is 0 Å². The van der Waals surface area contributed by atoms with Crippen LogP contribution in [0.25, 0.3) is 0 Å². The van der Waals surface area contributed by atoms with Crippen molar-refractivity contribution in [1.29, 1.82) is 0 Å². The molecule has 0 radical (unpaired) electrons. The van der Waals surface area contributed by atoms with Crippen molar-refractivity contribution in [2.24, 2.45) is 0 Å². The third-order valence-electron chi connectivity index (χ3n) is 4.96. The van der Waals surface area contributed by atoms with Crippen LogP contribution in [-0.4, -0.2) is 28.2 Å². The van der Waals surface area contributed by atoms with Crippen molar-refractivity contribution in [2.45, 2.75) is 97.3 Å². The lowest BCUT2D eigenvalue weighted by Crippen LogP contribution is -2.54. The van der Waals surface area contributed by atoms with Gasteiger partial charge < -0.3 is 8.85 Å². The third-order valence-corrected chi connectivity index (χ3v) is 13.9. The van der Waals surface area contributed by atoms with Crippen LogP contribution in [0.15, 0.2) is 0 Å². The van der Waals surface area contributed by atoms with Gasteiger partial charge in [-0.1, -0.05) is 41.5 Å². The quantitative estimate of drug-likeness (QED) is 0.652. The molecule has 0 N–H and O–H groups in total. The molecular weight excluding hydrogens is 296 g/mol. The van der Waals surface area contributed by atoms with Gasteiger partial charge in [0.1, 0.15) is 5.60 Å². The van der Waals surface area contributed by atoms with E-state index < -0.39 is 22.2 Å². The Morgan fingerprint density at radius 2 is 1.05 bits per heavy atom. The second-order valence-electron chi connectivity index (χ2n) is 9.52. The topological polar surface area (TPSA) is 35.5 Å². The van der Waals surface area contributed by atoms with Gasteiger partial charge in [0.25, 0.3) is 8.32 Å². The molecule has 0 aliphatic carbocycles. The van der Waals surface area contributed by atoms with Crippen molar-refractivity contribution in [1.82, 2.24) is 0 Å². The van der Waals surface area contributed by atoms with Gasteiger partial charge in [-0.25, -0.2) is 0 Å². The van der Waals surface area contributed by atoms with Crippen LogP contribution in [0.5, 0.6) is 0 Å². The van der Waals surface area contributed by atoms with Crippen LogP contribution in [0.2, 0.25) is 36.3 Å². The molecule has 0 heterocycles. The lowest BCUT2D eigenvalue weighted by atomic mass is 10.1. The maximum absolute atomic E-state index is 12.6. The van der Waals surface area contributed by atoms with E-state index in [1.54, 1.807) is 0 Å². The van der Waals surface area contributed by atoms with Gasteiger partial charge in [0.2, 0.25) is 0 Å². The maximum atomic E-state index is 12.6. The molecule has 0 fully saturated rings. The molecule has 0 saturated carbocycles. The van der Waals surface area contributed by atoms with Gasteiger partial charge in [0.05, 0.1) is 0 Å². The predicted octanol–water partition coefficient (Wildman–Crippen LogP) is 5.34. The van der Waals surface area contributed by atoms with E-state index in [1.165, 1.54) is 0 Å². The molecule has 0 aromatic carbocycles. The molecule has 3 nitrogen and oxygen atoms in total. The summed E-state index contributed by atoms with van der Waals surface area (Å²) in [5.41, 5.74) is -0.890. The van der Waals surface area contributed by atoms with Gasteiger partial charge in [-0.3, -0.25) is 4.79 Å². The van der Waals surface area contributed by atoms with E-state index in [2.05, 4.69) is 67.7 Å². The Balaban J connectivity index is 5.16. The zero-order chi connectivity index (χ0) is 17.5. The zero-order valence-electron chi connectivity index (χ0n) is 16.2. The smallest absolute Gasteiger partial charge is 0.323 e. The van der Waals surface area contributed by atoms with Gasteiger partial charge in [0, 0.05) is 0 Å². The number of carbonyl (C=O) groups is 1. The summed E-state index contributed by atoms with van der Waals surface area (Å²) in [7, 11) is -4.12. The number of carbonyl (C=O) groups excluding carboxylic acids is 1. The highest BCUT2D eigenvalue weighted by Gasteiger charge is 2.48. The molecule has 126 valence electrons. The average molecular weight is 333 g/mol. The van der Waals surface area contributed by atoms with Crippen LogP contribution < -0.4 is 0 Å². The molecule has 0 aromatic rings. The Bertz CT molecular complexity index is 385. The molecule has 5 heteroatoms. The Labute approximate surface area is 134 Å². The third kappa shape index (κ3) is 5.22. The number of hydrogen-bond donors (Lipinski definition) is 0. The van der Waals surface area contributed by atoms with Crippen LogP contribution in [-0.2, 0) is 13.6 Å². The minimum Gasteiger partial charge on any atom is -0.517 e. The van der Waals surface area contributed by atoms with Crippen molar-refractivity contribution < 1.29 is 13.6 Å². The summed E-state index contributed by atoms with van der Waals surface area (Å²) in [5, 5.41) is 0.0806. The number of rotatable bonds is 4. The first kappa shape index (κ1) is 20.9. The molecule has 0 bridgehead atoms. The van der Waals surface area contributed by atoms with E-state index in [0.29, 0.717) is 0 Å². The van der Waals surface area contributed by atoms with Crippen molar-refractivity contribution in [2.75, 3.05) is 0 Å². The van der Waals surface area contributed by atoms with E-state index in [-0.39, 0.29) is 16.0 Å². The van der Waals surface area contributed by atoms with Crippen molar-refractivity contribution in [3.05, 3.63) is 0 Å². The Morgan fingerprint density at radius 1 is 0.714 bits per heavy atom. The standard InChI is InChI=1S/C16H36O3Si2/c1-14(2,3)20(9,10)18-13(17)16(7,8)19-21(11,12)15(4,5)6/h1-12H3. The fourth-order valence-electron chi connectivity index (χ4n) is 1.34. The lowest BCUT2D eigenvalue weighted by Gasteiger charge is -2.43. The molecule has 0 aliphatic heterocycles. The SMILES string of the molecule is CC(C)(O[Si](C)(C)C(C)(C)C)C(=O)O[Si](C)(C)C(C)(C)C. The monoisotopic (exact) mass is 332 g/mol. The van der Waals surface area contributed by atoms with E-state index >= 15 is 0 Å². The van der Waals surface area contributed by atoms with Gasteiger partial charge in [-0.2, -0.15) is 0 Å². The summed E-state index contributed by atoms with van der Waals surface area (Å²) in [4.78, 5) is 12.6. The largest absolute Gasteiger partial charge is 0.517 e. The van der Waals surface area contributed by atoms with Gasteiger partial charge in [-0.05, 0) is 50.1 Å². The summed E-state index contributed by atoms with van der Waals surface area (Å²) in [6.07, 6.45) is 0. The highest BCUT2D eigenvalue weighted by Crippen LogP contribution is 2.41. The summed E-state index contributed by atoms with van der Waals surface area (Å²) >= 11 is 0. The van der Waals surface area contributed by atoms with Crippen molar-refractivity contribution in [3.63, 3.8) is 0 Å². The molecule has 0 unspecified atom stereocenters. The highest BCUT2D eigenvalue weighted by atomic mass is 28.4.